The van der Waals surface area contributed by atoms with Crippen LogP contribution in [0.4, 0.5) is 14.5 Å². The lowest BCUT2D eigenvalue weighted by Crippen LogP contribution is -2.11. The molecule has 0 saturated heterocycles. The Balaban J connectivity index is 2.85. The Bertz CT molecular complexity index is 369. The molecule has 0 bridgehead atoms. The largest absolute Gasteiger partial charge is 0.415 e. The number of alkyl halides is 2. The van der Waals surface area contributed by atoms with Crippen molar-refractivity contribution in [2.24, 2.45) is 0 Å². The van der Waals surface area contributed by atoms with Gasteiger partial charge in [0.2, 0.25) is 11.8 Å². The average molecular weight is 214 g/mol. The highest BCUT2D eigenvalue weighted by Gasteiger charge is 2.11. The van der Waals surface area contributed by atoms with E-state index in [-0.39, 0.29) is 11.6 Å². The van der Waals surface area contributed by atoms with Gasteiger partial charge in [-0.05, 0) is 18.2 Å². The zero-order chi connectivity index (χ0) is 11.3. The second kappa shape index (κ2) is 5.04. The first kappa shape index (κ1) is 11.1. The summed E-state index contributed by atoms with van der Waals surface area (Å²) >= 11 is 0. The molecule has 0 unspecified atom stereocenters. The molecule has 0 atom stereocenters. The smallest absolute Gasteiger partial charge is 0.388 e. The molecule has 1 rings (SSSR count). The third-order valence-electron chi connectivity index (χ3n) is 1.42. The molecule has 1 aromatic heterocycles. The molecule has 0 saturated carbocycles. The number of amides is 1. The van der Waals surface area contributed by atoms with Crippen LogP contribution in [0.3, 0.4) is 0 Å². The molecule has 0 aliphatic carbocycles. The zero-order valence-electron chi connectivity index (χ0n) is 7.61. The van der Waals surface area contributed by atoms with Gasteiger partial charge in [-0.2, -0.15) is 8.78 Å². The van der Waals surface area contributed by atoms with Crippen LogP contribution in [0.25, 0.3) is 0 Å². The van der Waals surface area contributed by atoms with E-state index in [2.05, 4.69) is 21.6 Å². The van der Waals surface area contributed by atoms with Gasteiger partial charge in [0, 0.05) is 6.20 Å². The molecule has 0 radical (unpaired) electrons. The number of hydrogen-bond donors (Lipinski definition) is 1. The molecule has 80 valence electrons. The molecule has 4 nitrogen and oxygen atoms in total. The minimum atomic E-state index is -2.99. The molecule has 0 fully saturated rings. The Morgan fingerprint density at radius 2 is 2.40 bits per heavy atom. The lowest BCUT2D eigenvalue weighted by Gasteiger charge is -2.08. The lowest BCUT2D eigenvalue weighted by molar-refractivity contribution is -0.112. The van der Waals surface area contributed by atoms with Gasteiger partial charge in [-0.1, -0.05) is 6.58 Å². The van der Waals surface area contributed by atoms with Gasteiger partial charge in [-0.3, -0.25) is 4.79 Å². The summed E-state index contributed by atoms with van der Waals surface area (Å²) in [5, 5.41) is 2.29. The predicted molar refractivity (Wildman–Crippen MR) is 49.7 cm³/mol. The normalized spacial score (nSPS) is 9.80. The number of pyridine rings is 1. The Labute approximate surface area is 84.6 Å². The number of nitrogens with zero attached hydrogens (tertiary/aromatic N) is 1. The highest BCUT2D eigenvalue weighted by atomic mass is 19.3. The standard InChI is InChI=1S/C9H8F2N2O2/c1-2-7(14)13-6-4-3-5-12-8(6)15-9(10)11/h2-5,9H,1H2,(H,13,14). The Hall–Kier alpha value is -1.98. The van der Waals surface area contributed by atoms with Crippen molar-refractivity contribution in [1.82, 2.24) is 4.98 Å². The summed E-state index contributed by atoms with van der Waals surface area (Å²) in [5.41, 5.74) is 0.0719. The van der Waals surface area contributed by atoms with Gasteiger partial charge in [0.05, 0.1) is 0 Å². The van der Waals surface area contributed by atoms with E-state index in [9.17, 15) is 13.6 Å². The van der Waals surface area contributed by atoms with Crippen LogP contribution in [0.15, 0.2) is 31.0 Å². The minimum Gasteiger partial charge on any atom is -0.415 e. The number of ether oxygens (including phenoxy) is 1. The molecule has 1 heterocycles. The molecule has 1 amide bonds. The maximum atomic E-state index is 11.9. The fourth-order valence-electron chi connectivity index (χ4n) is 0.848. The van der Waals surface area contributed by atoms with E-state index < -0.39 is 12.5 Å². The van der Waals surface area contributed by atoms with Gasteiger partial charge in [0.15, 0.2) is 0 Å². The summed E-state index contributed by atoms with van der Waals surface area (Å²) in [6, 6.07) is 2.88. The van der Waals surface area contributed by atoms with Crippen molar-refractivity contribution in [3.63, 3.8) is 0 Å². The van der Waals surface area contributed by atoms with Crippen LogP contribution in [0.5, 0.6) is 5.88 Å². The van der Waals surface area contributed by atoms with Crippen LogP contribution in [-0.4, -0.2) is 17.5 Å². The van der Waals surface area contributed by atoms with Gasteiger partial charge in [-0.25, -0.2) is 4.98 Å². The molecule has 0 spiro atoms. The van der Waals surface area contributed by atoms with Gasteiger partial charge < -0.3 is 10.1 Å². The first-order chi connectivity index (χ1) is 7.13. The number of halogens is 2. The number of carbonyl (C=O) groups excluding carboxylic acids is 1. The fourth-order valence-corrected chi connectivity index (χ4v) is 0.848. The van der Waals surface area contributed by atoms with Crippen molar-refractivity contribution >= 4 is 11.6 Å². The maximum Gasteiger partial charge on any atom is 0.388 e. The highest BCUT2D eigenvalue weighted by Crippen LogP contribution is 2.22. The Morgan fingerprint density at radius 1 is 1.67 bits per heavy atom. The van der Waals surface area contributed by atoms with E-state index in [4.69, 9.17) is 0 Å². The van der Waals surface area contributed by atoms with Gasteiger partial charge in [0.1, 0.15) is 5.69 Å². The van der Waals surface area contributed by atoms with Crippen molar-refractivity contribution in [3.8, 4) is 5.88 Å². The highest BCUT2D eigenvalue weighted by molar-refractivity contribution is 5.99. The molecule has 15 heavy (non-hydrogen) atoms. The summed E-state index contributed by atoms with van der Waals surface area (Å²) in [7, 11) is 0. The minimum absolute atomic E-state index is 0.0719. The molecular weight excluding hydrogens is 206 g/mol. The predicted octanol–water partition coefficient (Wildman–Crippen LogP) is 1.81. The van der Waals surface area contributed by atoms with Crippen molar-refractivity contribution in [2.45, 2.75) is 6.61 Å². The molecule has 1 aromatic rings. The van der Waals surface area contributed by atoms with Crippen LogP contribution in [-0.2, 0) is 4.79 Å². The summed E-state index contributed by atoms with van der Waals surface area (Å²) in [6.07, 6.45) is 2.29. The number of rotatable bonds is 4. The van der Waals surface area contributed by atoms with E-state index in [1.54, 1.807) is 0 Å². The molecule has 0 aromatic carbocycles. The summed E-state index contributed by atoms with van der Waals surface area (Å²) < 4.78 is 27.9. The second-order valence-electron chi connectivity index (χ2n) is 2.43. The van der Waals surface area contributed by atoms with Gasteiger partial charge >= 0.3 is 6.61 Å². The van der Waals surface area contributed by atoms with E-state index in [0.717, 1.165) is 6.08 Å². The van der Waals surface area contributed by atoms with E-state index in [1.165, 1.54) is 18.3 Å². The molecule has 6 heteroatoms. The number of aromatic nitrogens is 1. The van der Waals surface area contributed by atoms with Crippen LogP contribution < -0.4 is 10.1 Å². The van der Waals surface area contributed by atoms with E-state index in [1.807, 2.05) is 0 Å². The van der Waals surface area contributed by atoms with Crippen molar-refractivity contribution < 1.29 is 18.3 Å². The van der Waals surface area contributed by atoms with Gasteiger partial charge in [-0.15, -0.1) is 0 Å². The van der Waals surface area contributed by atoms with Crippen molar-refractivity contribution in [3.05, 3.63) is 31.0 Å². The van der Waals surface area contributed by atoms with E-state index in [0.29, 0.717) is 0 Å². The Kier molecular flexibility index (Phi) is 3.73. The number of hydrogen-bond acceptors (Lipinski definition) is 3. The van der Waals surface area contributed by atoms with Crippen LogP contribution in [0.1, 0.15) is 0 Å². The summed E-state index contributed by atoms with van der Waals surface area (Å²) in [5.74, 6) is -0.857. The van der Waals surface area contributed by atoms with Crippen molar-refractivity contribution in [1.29, 1.82) is 0 Å². The topological polar surface area (TPSA) is 51.2 Å². The number of anilines is 1. The average Bonchev–Trinajstić information content (AvgIpc) is 2.20. The molecule has 1 N–H and O–H groups in total. The number of carbonyl (C=O) groups is 1. The molecule has 0 aliphatic heterocycles. The monoisotopic (exact) mass is 214 g/mol. The summed E-state index contributed by atoms with van der Waals surface area (Å²) in [6.45, 7) is 0.239. The van der Waals surface area contributed by atoms with E-state index >= 15 is 0 Å². The number of nitrogens with one attached hydrogen (secondary N) is 1. The second-order valence-corrected chi connectivity index (χ2v) is 2.43. The first-order valence-corrected chi connectivity index (χ1v) is 3.96. The van der Waals surface area contributed by atoms with Crippen LogP contribution >= 0.6 is 0 Å². The Morgan fingerprint density at radius 3 is 3.00 bits per heavy atom. The third kappa shape index (κ3) is 3.34. The van der Waals surface area contributed by atoms with Crippen molar-refractivity contribution in [2.75, 3.05) is 5.32 Å². The van der Waals surface area contributed by atoms with Crippen LogP contribution in [0.2, 0.25) is 0 Å². The molecule has 0 aliphatic rings. The fraction of sp³-hybridized carbons (Fsp3) is 0.111. The zero-order valence-corrected chi connectivity index (χ0v) is 7.61. The van der Waals surface area contributed by atoms with Crippen LogP contribution in [0, 0.1) is 0 Å². The summed E-state index contributed by atoms with van der Waals surface area (Å²) in [4.78, 5) is 14.5. The maximum absolute atomic E-state index is 11.9. The SMILES string of the molecule is C=CC(=O)Nc1cccnc1OC(F)F. The van der Waals surface area contributed by atoms with Gasteiger partial charge in [0.25, 0.3) is 0 Å². The third-order valence-corrected chi connectivity index (χ3v) is 1.42. The quantitative estimate of drug-likeness (QED) is 0.777. The molecular formula is C9H8F2N2O2. The lowest BCUT2D eigenvalue weighted by atomic mass is 10.4. The first-order valence-electron chi connectivity index (χ1n) is 3.96.